The maximum Gasteiger partial charge on any atom is 0.228 e. The minimum absolute atomic E-state index is 0.143. The number of carbonyl (C=O) groups excluding carboxylic acids is 1. The number of hydrogen-bond acceptors (Lipinski definition) is 4. The highest BCUT2D eigenvalue weighted by Crippen LogP contribution is 2.41. The van der Waals surface area contributed by atoms with Crippen molar-refractivity contribution in [2.45, 2.75) is 31.3 Å². The number of aromatic nitrogens is 1. The minimum atomic E-state index is -0.200. The fraction of sp³-hybridized carbons (Fsp3) is 0.647. The molecular weight excluding hydrogens is 280 g/mol. The molecule has 2 heterocycles. The lowest BCUT2D eigenvalue weighted by Gasteiger charge is -2.44. The summed E-state index contributed by atoms with van der Waals surface area (Å²) < 4.78 is 11.5. The molecule has 120 valence electrons. The molecule has 3 rings (SSSR count). The Morgan fingerprint density at radius 2 is 2.45 bits per heavy atom. The van der Waals surface area contributed by atoms with Gasteiger partial charge in [0.05, 0.1) is 31.8 Å². The van der Waals surface area contributed by atoms with E-state index in [0.717, 1.165) is 25.0 Å². The number of amides is 1. The number of rotatable bonds is 4. The van der Waals surface area contributed by atoms with E-state index in [1.54, 1.807) is 13.3 Å². The van der Waals surface area contributed by atoms with Gasteiger partial charge in [-0.1, -0.05) is 12.5 Å². The molecule has 1 aliphatic heterocycles. The highest BCUT2D eigenvalue weighted by Gasteiger charge is 2.47. The van der Waals surface area contributed by atoms with Gasteiger partial charge in [0.25, 0.3) is 0 Å². The van der Waals surface area contributed by atoms with Crippen molar-refractivity contribution >= 4 is 5.91 Å². The molecule has 1 amide bonds. The summed E-state index contributed by atoms with van der Waals surface area (Å²) in [6.07, 6.45) is 5.39. The molecule has 2 atom stereocenters. The number of pyridine rings is 1. The van der Waals surface area contributed by atoms with E-state index in [0.29, 0.717) is 38.6 Å². The average Bonchev–Trinajstić information content (AvgIpc) is 2.91. The zero-order valence-corrected chi connectivity index (χ0v) is 13.2. The van der Waals surface area contributed by atoms with Crippen LogP contribution in [-0.4, -0.2) is 54.8 Å². The van der Waals surface area contributed by atoms with Crippen LogP contribution in [-0.2, 0) is 20.7 Å². The molecule has 2 aliphatic rings. The van der Waals surface area contributed by atoms with Crippen molar-refractivity contribution in [3.05, 3.63) is 30.1 Å². The smallest absolute Gasteiger partial charge is 0.228 e. The first-order chi connectivity index (χ1) is 10.7. The van der Waals surface area contributed by atoms with Crippen molar-refractivity contribution in [2.75, 3.05) is 33.4 Å². The average molecular weight is 304 g/mol. The van der Waals surface area contributed by atoms with Gasteiger partial charge in [-0.3, -0.25) is 9.78 Å². The van der Waals surface area contributed by atoms with Crippen LogP contribution in [0, 0.1) is 5.92 Å². The number of morpholine rings is 1. The van der Waals surface area contributed by atoms with E-state index in [1.807, 2.05) is 23.1 Å². The van der Waals surface area contributed by atoms with Gasteiger partial charge < -0.3 is 14.4 Å². The van der Waals surface area contributed by atoms with E-state index in [2.05, 4.69) is 4.98 Å². The second-order valence-corrected chi connectivity index (χ2v) is 6.27. The first kappa shape index (κ1) is 15.4. The summed E-state index contributed by atoms with van der Waals surface area (Å²) in [4.78, 5) is 18.8. The molecule has 0 radical (unpaired) electrons. The maximum atomic E-state index is 12.6. The van der Waals surface area contributed by atoms with Crippen molar-refractivity contribution in [3.8, 4) is 0 Å². The van der Waals surface area contributed by atoms with E-state index < -0.39 is 0 Å². The van der Waals surface area contributed by atoms with Gasteiger partial charge >= 0.3 is 0 Å². The third kappa shape index (κ3) is 3.15. The molecule has 0 aromatic carbocycles. The Bertz CT molecular complexity index is 508. The Hall–Kier alpha value is -1.46. The Labute approximate surface area is 131 Å². The highest BCUT2D eigenvalue weighted by atomic mass is 16.5. The second-order valence-electron chi connectivity index (χ2n) is 6.27. The molecule has 0 unspecified atom stereocenters. The molecule has 22 heavy (non-hydrogen) atoms. The van der Waals surface area contributed by atoms with Gasteiger partial charge in [-0.2, -0.15) is 0 Å². The molecule has 0 bridgehead atoms. The van der Waals surface area contributed by atoms with E-state index in [9.17, 15) is 4.79 Å². The van der Waals surface area contributed by atoms with Crippen molar-refractivity contribution in [2.24, 2.45) is 5.92 Å². The van der Waals surface area contributed by atoms with Gasteiger partial charge in [0.15, 0.2) is 0 Å². The van der Waals surface area contributed by atoms with Crippen LogP contribution in [0.15, 0.2) is 24.4 Å². The van der Waals surface area contributed by atoms with Crippen LogP contribution >= 0.6 is 0 Å². The molecule has 1 aromatic heterocycles. The zero-order chi connectivity index (χ0) is 15.4. The Balaban J connectivity index is 1.66. The van der Waals surface area contributed by atoms with Gasteiger partial charge in [-0.05, 0) is 25.0 Å². The quantitative estimate of drug-likeness (QED) is 0.849. The predicted molar refractivity (Wildman–Crippen MR) is 82.4 cm³/mol. The highest BCUT2D eigenvalue weighted by molar-refractivity contribution is 5.78. The van der Waals surface area contributed by atoms with Gasteiger partial charge in [-0.15, -0.1) is 0 Å². The molecule has 1 spiro atoms. The van der Waals surface area contributed by atoms with Crippen LogP contribution in [0.2, 0.25) is 0 Å². The first-order valence-corrected chi connectivity index (χ1v) is 8.04. The molecule has 2 fully saturated rings. The molecular formula is C17H24N2O3. The molecule has 1 aromatic rings. The normalized spacial score (nSPS) is 28.2. The van der Waals surface area contributed by atoms with E-state index in [4.69, 9.17) is 9.47 Å². The zero-order valence-electron chi connectivity index (χ0n) is 13.2. The van der Waals surface area contributed by atoms with Gasteiger partial charge in [0.1, 0.15) is 0 Å². The topological polar surface area (TPSA) is 51.7 Å². The van der Waals surface area contributed by atoms with Crippen LogP contribution in [0.3, 0.4) is 0 Å². The minimum Gasteiger partial charge on any atom is -0.384 e. The maximum absolute atomic E-state index is 12.6. The van der Waals surface area contributed by atoms with Crippen molar-refractivity contribution in [1.29, 1.82) is 0 Å². The lowest BCUT2D eigenvalue weighted by Crippen LogP contribution is -2.56. The fourth-order valence-electron chi connectivity index (χ4n) is 3.74. The summed E-state index contributed by atoms with van der Waals surface area (Å²) in [7, 11) is 1.73. The summed E-state index contributed by atoms with van der Waals surface area (Å²) >= 11 is 0. The summed E-state index contributed by atoms with van der Waals surface area (Å²) in [6.45, 7) is 2.69. The number of methoxy groups -OCH3 is 1. The molecule has 1 saturated heterocycles. The third-order valence-electron chi connectivity index (χ3n) is 4.88. The Morgan fingerprint density at radius 3 is 3.23 bits per heavy atom. The molecule has 0 N–H and O–H groups in total. The standard InChI is InChI=1S/C17H24N2O3/c1-21-12-14-5-4-7-17(14)13-19(9-10-22-17)16(20)11-15-6-2-3-8-18-15/h2-3,6,8,14H,4-5,7,9-13H2,1H3/t14-,17-/m0/s1. The lowest BCUT2D eigenvalue weighted by molar-refractivity contribution is -0.160. The Kier molecular flexibility index (Phi) is 4.74. The van der Waals surface area contributed by atoms with E-state index >= 15 is 0 Å². The largest absolute Gasteiger partial charge is 0.384 e. The number of carbonyl (C=O) groups is 1. The second kappa shape index (κ2) is 6.75. The summed E-state index contributed by atoms with van der Waals surface area (Å²) in [6, 6.07) is 5.69. The molecule has 1 saturated carbocycles. The summed E-state index contributed by atoms with van der Waals surface area (Å²) in [5.41, 5.74) is 0.626. The van der Waals surface area contributed by atoms with Gasteiger partial charge in [0, 0.05) is 31.5 Å². The van der Waals surface area contributed by atoms with Gasteiger partial charge in [-0.25, -0.2) is 0 Å². The number of ether oxygens (including phenoxy) is 2. The Morgan fingerprint density at radius 1 is 1.55 bits per heavy atom. The van der Waals surface area contributed by atoms with Crippen LogP contribution in [0.4, 0.5) is 0 Å². The van der Waals surface area contributed by atoms with E-state index in [1.165, 1.54) is 0 Å². The molecule has 5 nitrogen and oxygen atoms in total. The monoisotopic (exact) mass is 304 g/mol. The van der Waals surface area contributed by atoms with Crippen LogP contribution < -0.4 is 0 Å². The first-order valence-electron chi connectivity index (χ1n) is 8.04. The van der Waals surface area contributed by atoms with Gasteiger partial charge in [0.2, 0.25) is 5.91 Å². The third-order valence-corrected chi connectivity index (χ3v) is 4.88. The van der Waals surface area contributed by atoms with Crippen molar-refractivity contribution < 1.29 is 14.3 Å². The summed E-state index contributed by atoms with van der Waals surface area (Å²) in [5.74, 6) is 0.535. The molecule has 5 heteroatoms. The van der Waals surface area contributed by atoms with E-state index in [-0.39, 0.29) is 11.5 Å². The SMILES string of the molecule is COC[C@@H]1CCC[C@]12CN(C(=O)Cc1ccccn1)CCO2. The predicted octanol–water partition coefficient (Wildman–Crippen LogP) is 1.67. The van der Waals surface area contributed by atoms with Crippen molar-refractivity contribution in [1.82, 2.24) is 9.88 Å². The van der Waals surface area contributed by atoms with Crippen molar-refractivity contribution in [3.63, 3.8) is 0 Å². The fourth-order valence-corrected chi connectivity index (χ4v) is 3.74. The van der Waals surface area contributed by atoms with Crippen LogP contribution in [0.25, 0.3) is 0 Å². The molecule has 1 aliphatic carbocycles. The van der Waals surface area contributed by atoms with Crippen LogP contribution in [0.5, 0.6) is 0 Å². The number of nitrogens with zero attached hydrogens (tertiary/aromatic N) is 2. The summed E-state index contributed by atoms with van der Waals surface area (Å²) in [5, 5.41) is 0. The van der Waals surface area contributed by atoms with Crippen LogP contribution in [0.1, 0.15) is 25.0 Å². The number of hydrogen-bond donors (Lipinski definition) is 0. The lowest BCUT2D eigenvalue weighted by atomic mass is 9.89.